The fourth-order valence-electron chi connectivity index (χ4n) is 2.50. The molecule has 1 N–H and O–H groups in total. The number of ether oxygens (including phenoxy) is 1. The third-order valence-electron chi connectivity index (χ3n) is 3.22. The number of esters is 1. The lowest BCUT2D eigenvalue weighted by Crippen LogP contribution is -2.60. The molecule has 1 fully saturated rings. The molecule has 1 saturated carbocycles. The van der Waals surface area contributed by atoms with Gasteiger partial charge < -0.3 is 4.74 Å². The summed E-state index contributed by atoms with van der Waals surface area (Å²) in [7, 11) is -2.02. The Kier molecular flexibility index (Phi) is 4.32. The largest absolute Gasteiger partial charge is 0.468 e. The predicted octanol–water partition coefficient (Wildman–Crippen LogP) is 0.271. The Labute approximate surface area is 102 Å². The molecule has 0 radical (unpaired) electrons. The van der Waals surface area contributed by atoms with Crippen LogP contribution in [0.25, 0.3) is 0 Å². The molecule has 1 rings (SSSR count). The van der Waals surface area contributed by atoms with Crippen LogP contribution in [0.5, 0.6) is 0 Å². The lowest BCUT2D eigenvalue weighted by Gasteiger charge is -2.32. The van der Waals surface area contributed by atoms with Crippen molar-refractivity contribution in [3.63, 3.8) is 0 Å². The number of hydrogen-bond donors (Lipinski definition) is 1. The van der Waals surface area contributed by atoms with Crippen molar-refractivity contribution in [2.75, 3.05) is 19.9 Å². The van der Waals surface area contributed by atoms with E-state index in [-0.39, 0.29) is 0 Å². The van der Waals surface area contributed by atoms with E-state index in [2.05, 4.69) is 11.9 Å². The molecule has 0 spiro atoms. The Morgan fingerprint density at radius 2 is 2.29 bits per heavy atom. The van der Waals surface area contributed by atoms with Gasteiger partial charge in [-0.3, -0.25) is 10.1 Å². The van der Waals surface area contributed by atoms with Crippen LogP contribution in [-0.2, 0) is 19.4 Å². The van der Waals surface area contributed by atoms with Crippen molar-refractivity contribution in [1.82, 2.24) is 5.32 Å². The van der Waals surface area contributed by atoms with E-state index in [4.69, 9.17) is 4.74 Å². The van der Waals surface area contributed by atoms with E-state index in [9.17, 15) is 13.2 Å². The van der Waals surface area contributed by atoms with Crippen molar-refractivity contribution in [2.45, 2.75) is 30.1 Å². The van der Waals surface area contributed by atoms with Crippen molar-refractivity contribution in [3.8, 4) is 0 Å². The Bertz CT molecular complexity index is 404. The van der Waals surface area contributed by atoms with Crippen LogP contribution < -0.4 is 5.32 Å². The van der Waals surface area contributed by atoms with Gasteiger partial charge in [-0.15, -0.1) is 6.58 Å². The van der Waals surface area contributed by atoms with Crippen LogP contribution in [-0.4, -0.2) is 45.1 Å². The van der Waals surface area contributed by atoms with Crippen molar-refractivity contribution in [2.24, 2.45) is 0 Å². The number of rotatable bonds is 5. The number of carbonyl (C=O) groups is 1. The van der Waals surface area contributed by atoms with Gasteiger partial charge in [-0.1, -0.05) is 6.08 Å². The zero-order valence-electron chi connectivity index (χ0n) is 10.2. The molecular formula is C11H19NO4S. The second-order valence-corrected chi connectivity index (χ2v) is 6.57. The molecule has 0 heterocycles. The standard InChI is InChI=1S/C11H19NO4S/c1-4-8-12-11(10(13)16-2)7-5-6-9(11)17(3,14)15/h4,9,12H,1,5-8H2,2-3H3. The zero-order chi connectivity index (χ0) is 13.1. The molecular weight excluding hydrogens is 242 g/mol. The van der Waals surface area contributed by atoms with Gasteiger partial charge in [0, 0.05) is 12.8 Å². The first-order chi connectivity index (χ1) is 7.88. The second-order valence-electron chi connectivity index (χ2n) is 4.34. The Morgan fingerprint density at radius 3 is 2.76 bits per heavy atom. The van der Waals surface area contributed by atoms with E-state index in [1.807, 2.05) is 0 Å². The number of carbonyl (C=O) groups excluding carboxylic acids is 1. The highest BCUT2D eigenvalue weighted by Gasteiger charge is 2.53. The van der Waals surface area contributed by atoms with Crippen LogP contribution in [0.4, 0.5) is 0 Å². The van der Waals surface area contributed by atoms with E-state index < -0.39 is 26.6 Å². The molecule has 2 atom stereocenters. The molecule has 5 nitrogen and oxygen atoms in total. The van der Waals surface area contributed by atoms with Gasteiger partial charge in [-0.25, -0.2) is 8.42 Å². The number of nitrogens with one attached hydrogen (secondary N) is 1. The topological polar surface area (TPSA) is 72.5 Å². The van der Waals surface area contributed by atoms with E-state index >= 15 is 0 Å². The zero-order valence-corrected chi connectivity index (χ0v) is 11.0. The number of methoxy groups -OCH3 is 1. The smallest absolute Gasteiger partial charge is 0.327 e. The number of sulfone groups is 1. The molecule has 6 heteroatoms. The van der Waals surface area contributed by atoms with Crippen molar-refractivity contribution >= 4 is 15.8 Å². The summed E-state index contributed by atoms with van der Waals surface area (Å²) in [6, 6.07) is 0. The fourth-order valence-corrected chi connectivity index (χ4v) is 4.12. The fraction of sp³-hybridized carbons (Fsp3) is 0.727. The van der Waals surface area contributed by atoms with E-state index in [0.29, 0.717) is 25.8 Å². The van der Waals surface area contributed by atoms with Crippen LogP contribution in [0.2, 0.25) is 0 Å². The number of hydrogen-bond acceptors (Lipinski definition) is 5. The van der Waals surface area contributed by atoms with Gasteiger partial charge in [0.1, 0.15) is 5.54 Å². The van der Waals surface area contributed by atoms with Gasteiger partial charge in [0.2, 0.25) is 0 Å². The minimum absolute atomic E-state index is 0.376. The quantitative estimate of drug-likeness (QED) is 0.568. The minimum atomic E-state index is -3.29. The van der Waals surface area contributed by atoms with Crippen LogP contribution in [0, 0.1) is 0 Å². The van der Waals surface area contributed by atoms with Gasteiger partial charge in [-0.05, 0) is 19.3 Å². The summed E-state index contributed by atoms with van der Waals surface area (Å²) in [5.74, 6) is -0.507. The predicted molar refractivity (Wildman–Crippen MR) is 65.4 cm³/mol. The highest BCUT2D eigenvalue weighted by molar-refractivity contribution is 7.91. The van der Waals surface area contributed by atoms with Gasteiger partial charge in [0.15, 0.2) is 9.84 Å². The maximum atomic E-state index is 11.9. The lowest BCUT2D eigenvalue weighted by molar-refractivity contribution is -0.148. The van der Waals surface area contributed by atoms with Crippen LogP contribution in [0.3, 0.4) is 0 Å². The average molecular weight is 261 g/mol. The third kappa shape index (κ3) is 2.69. The second kappa shape index (κ2) is 5.18. The molecule has 1 aliphatic carbocycles. The molecule has 17 heavy (non-hydrogen) atoms. The average Bonchev–Trinajstić information content (AvgIpc) is 2.70. The summed E-state index contributed by atoms with van der Waals surface area (Å²) in [6.45, 7) is 3.94. The molecule has 0 bridgehead atoms. The molecule has 0 aliphatic heterocycles. The first-order valence-electron chi connectivity index (χ1n) is 5.51. The van der Waals surface area contributed by atoms with Gasteiger partial charge >= 0.3 is 5.97 Å². The molecule has 1 aliphatic rings. The molecule has 2 unspecified atom stereocenters. The van der Waals surface area contributed by atoms with Crippen molar-refractivity contribution in [3.05, 3.63) is 12.7 Å². The Balaban J connectivity index is 3.12. The molecule has 0 aromatic rings. The van der Waals surface area contributed by atoms with Crippen molar-refractivity contribution < 1.29 is 17.9 Å². The van der Waals surface area contributed by atoms with Crippen LogP contribution in [0.1, 0.15) is 19.3 Å². The summed E-state index contributed by atoms with van der Waals surface area (Å²) in [4.78, 5) is 11.9. The first-order valence-corrected chi connectivity index (χ1v) is 7.47. The third-order valence-corrected chi connectivity index (χ3v) is 4.89. The van der Waals surface area contributed by atoms with Gasteiger partial charge in [-0.2, -0.15) is 0 Å². The minimum Gasteiger partial charge on any atom is -0.468 e. The van der Waals surface area contributed by atoms with Gasteiger partial charge in [0.05, 0.1) is 12.4 Å². The highest BCUT2D eigenvalue weighted by Crippen LogP contribution is 2.35. The normalized spacial score (nSPS) is 28.9. The summed E-state index contributed by atoms with van der Waals surface area (Å²) < 4.78 is 28.3. The van der Waals surface area contributed by atoms with Crippen molar-refractivity contribution in [1.29, 1.82) is 0 Å². The SMILES string of the molecule is C=CCNC1(C(=O)OC)CCCC1S(C)(=O)=O. The monoisotopic (exact) mass is 261 g/mol. The molecule has 98 valence electrons. The van der Waals surface area contributed by atoms with E-state index in [1.54, 1.807) is 6.08 Å². The Hall–Kier alpha value is -0.880. The van der Waals surface area contributed by atoms with Crippen LogP contribution in [0.15, 0.2) is 12.7 Å². The molecule has 0 saturated heterocycles. The van der Waals surface area contributed by atoms with E-state index in [0.717, 1.165) is 6.26 Å². The summed E-state index contributed by atoms with van der Waals surface area (Å²) in [5, 5.41) is 2.26. The summed E-state index contributed by atoms with van der Waals surface area (Å²) in [5.41, 5.74) is -1.11. The maximum Gasteiger partial charge on any atom is 0.327 e. The maximum absolute atomic E-state index is 11.9. The van der Waals surface area contributed by atoms with Crippen LogP contribution >= 0.6 is 0 Å². The summed E-state index contributed by atoms with van der Waals surface area (Å²) >= 11 is 0. The van der Waals surface area contributed by atoms with E-state index in [1.165, 1.54) is 7.11 Å². The molecule has 0 amide bonds. The summed E-state index contributed by atoms with van der Waals surface area (Å²) in [6.07, 6.45) is 4.42. The molecule has 0 aromatic carbocycles. The first kappa shape index (κ1) is 14.2. The lowest BCUT2D eigenvalue weighted by atomic mass is 9.97. The Morgan fingerprint density at radius 1 is 1.65 bits per heavy atom. The van der Waals surface area contributed by atoms with Gasteiger partial charge in [0.25, 0.3) is 0 Å². The highest BCUT2D eigenvalue weighted by atomic mass is 32.2. The molecule has 0 aromatic heterocycles.